The number of aryl methyl sites for hydroxylation is 2. The number of amides is 1. The Morgan fingerprint density at radius 2 is 1.82 bits per heavy atom. The largest absolute Gasteiger partial charge is 0.478 e. The Balaban J connectivity index is 1.53. The van der Waals surface area contributed by atoms with Crippen LogP contribution in [-0.4, -0.2) is 26.5 Å². The summed E-state index contributed by atoms with van der Waals surface area (Å²) < 4.78 is 10.8. The summed E-state index contributed by atoms with van der Waals surface area (Å²) in [6, 6.07) is 10.7. The van der Waals surface area contributed by atoms with Gasteiger partial charge < -0.3 is 25.5 Å². The van der Waals surface area contributed by atoms with Gasteiger partial charge >= 0.3 is 5.76 Å². The first-order chi connectivity index (χ1) is 15.6. The zero-order chi connectivity index (χ0) is 23.8. The molecule has 2 aromatic heterocycles. The number of oxazole rings is 1. The number of ether oxygens (including phenoxy) is 1. The van der Waals surface area contributed by atoms with E-state index >= 15 is 0 Å². The number of aromatic nitrogens is 3. The van der Waals surface area contributed by atoms with Crippen LogP contribution >= 0.6 is 0 Å². The summed E-state index contributed by atoms with van der Waals surface area (Å²) in [6.07, 6.45) is 1.70. The van der Waals surface area contributed by atoms with Crippen molar-refractivity contribution in [3.63, 3.8) is 0 Å². The van der Waals surface area contributed by atoms with Gasteiger partial charge in [-0.05, 0) is 69.7 Å². The molecule has 0 unspecified atom stereocenters. The van der Waals surface area contributed by atoms with Gasteiger partial charge in [-0.2, -0.15) is 4.98 Å². The molecule has 1 amide bonds. The number of nitrogens with zero attached hydrogens (tertiary/aromatic N) is 2. The van der Waals surface area contributed by atoms with E-state index in [9.17, 15) is 9.59 Å². The minimum absolute atomic E-state index is 0.395. The van der Waals surface area contributed by atoms with E-state index in [1.165, 1.54) is 0 Å². The van der Waals surface area contributed by atoms with Gasteiger partial charge in [0.1, 0.15) is 11.6 Å². The van der Waals surface area contributed by atoms with Crippen molar-refractivity contribution >= 4 is 40.1 Å². The van der Waals surface area contributed by atoms with Crippen LogP contribution in [0.25, 0.3) is 11.1 Å². The number of carbonyl (C=O) groups is 1. The number of primary amides is 1. The van der Waals surface area contributed by atoms with Gasteiger partial charge in [0.25, 0.3) is 5.91 Å². The van der Waals surface area contributed by atoms with Gasteiger partial charge in [0, 0.05) is 23.1 Å². The lowest BCUT2D eigenvalue weighted by molar-refractivity contribution is -0.130. The molecule has 2 aromatic carbocycles. The average molecular weight is 448 g/mol. The fraction of sp³-hybridized carbons (Fsp3) is 0.217. The van der Waals surface area contributed by atoms with Gasteiger partial charge in [0.05, 0.1) is 5.52 Å². The van der Waals surface area contributed by atoms with Gasteiger partial charge in [-0.1, -0.05) is 0 Å². The quantitative estimate of drug-likeness (QED) is 0.335. The van der Waals surface area contributed by atoms with E-state index in [-0.39, 0.29) is 0 Å². The number of carbonyl (C=O) groups excluding carboxylic acids is 1. The van der Waals surface area contributed by atoms with E-state index in [1.807, 2.05) is 19.9 Å². The second-order valence-corrected chi connectivity index (χ2v) is 8.16. The second kappa shape index (κ2) is 8.30. The highest BCUT2D eigenvalue weighted by Gasteiger charge is 2.27. The van der Waals surface area contributed by atoms with Crippen molar-refractivity contribution in [2.75, 3.05) is 10.6 Å². The number of nitrogens with one attached hydrogen (secondary N) is 3. The molecule has 0 aliphatic heterocycles. The number of aromatic amines is 1. The SMILES string of the molecule is Cc1cc(Nc2ncc(C)c(Nc3ccc4oc(=O)[nH]c4c3)n2)ccc1OC(C)(C)C(N)=O. The van der Waals surface area contributed by atoms with Crippen LogP contribution in [0.2, 0.25) is 0 Å². The summed E-state index contributed by atoms with van der Waals surface area (Å²) in [7, 11) is 0. The molecule has 0 aliphatic rings. The van der Waals surface area contributed by atoms with Gasteiger partial charge in [-0.25, -0.2) is 9.78 Å². The van der Waals surface area contributed by atoms with Crippen LogP contribution in [0.1, 0.15) is 25.0 Å². The van der Waals surface area contributed by atoms with E-state index < -0.39 is 17.3 Å². The number of benzene rings is 2. The van der Waals surface area contributed by atoms with E-state index in [0.29, 0.717) is 28.6 Å². The van der Waals surface area contributed by atoms with Crippen LogP contribution in [0.5, 0.6) is 5.75 Å². The highest BCUT2D eigenvalue weighted by Crippen LogP contribution is 2.28. The predicted octanol–water partition coefficient (Wildman–Crippen LogP) is 3.66. The first-order valence-corrected chi connectivity index (χ1v) is 10.2. The number of H-pyrrole nitrogens is 1. The molecule has 0 saturated heterocycles. The number of rotatable bonds is 7. The van der Waals surface area contributed by atoms with Gasteiger partial charge in [-0.15, -0.1) is 0 Å². The van der Waals surface area contributed by atoms with E-state index in [1.54, 1.807) is 50.4 Å². The van der Waals surface area contributed by atoms with Crippen LogP contribution in [0.4, 0.5) is 23.1 Å². The minimum Gasteiger partial charge on any atom is -0.478 e. The average Bonchev–Trinajstić information content (AvgIpc) is 3.11. The Morgan fingerprint density at radius 1 is 1.09 bits per heavy atom. The van der Waals surface area contributed by atoms with Crippen molar-refractivity contribution in [3.8, 4) is 5.75 Å². The molecule has 0 atom stereocenters. The molecule has 4 aromatic rings. The lowest BCUT2D eigenvalue weighted by Gasteiger charge is -2.24. The Morgan fingerprint density at radius 3 is 2.55 bits per heavy atom. The molecule has 4 rings (SSSR count). The summed E-state index contributed by atoms with van der Waals surface area (Å²) in [5, 5.41) is 6.41. The topological polar surface area (TPSA) is 148 Å². The lowest BCUT2D eigenvalue weighted by Crippen LogP contribution is -2.43. The molecule has 5 N–H and O–H groups in total. The van der Waals surface area contributed by atoms with Crippen molar-refractivity contribution in [3.05, 3.63) is 64.3 Å². The van der Waals surface area contributed by atoms with Crippen molar-refractivity contribution in [1.29, 1.82) is 0 Å². The molecule has 0 spiro atoms. The van der Waals surface area contributed by atoms with Gasteiger partial charge in [-0.3, -0.25) is 9.78 Å². The summed E-state index contributed by atoms with van der Waals surface area (Å²) in [4.78, 5) is 34.5. The first-order valence-electron chi connectivity index (χ1n) is 10.2. The number of hydrogen-bond acceptors (Lipinski definition) is 8. The second-order valence-electron chi connectivity index (χ2n) is 8.16. The van der Waals surface area contributed by atoms with E-state index in [4.69, 9.17) is 14.9 Å². The number of fused-ring (bicyclic) bond motifs is 1. The molecule has 10 heteroatoms. The van der Waals surface area contributed by atoms with Crippen molar-refractivity contribution < 1.29 is 13.9 Å². The molecule has 0 aliphatic carbocycles. The summed E-state index contributed by atoms with van der Waals surface area (Å²) >= 11 is 0. The monoisotopic (exact) mass is 448 g/mol. The standard InChI is InChI=1S/C23H24N6O4/c1-12-9-14(5-7-17(12)33-23(3,4)20(24)30)27-21-25-11-13(2)19(29-21)26-15-6-8-18-16(10-15)28-22(31)32-18/h5-11H,1-4H3,(H2,24,30)(H,28,31)(H2,25,26,27,29). The van der Waals surface area contributed by atoms with Crippen molar-refractivity contribution in [1.82, 2.24) is 15.0 Å². The maximum atomic E-state index is 11.5. The summed E-state index contributed by atoms with van der Waals surface area (Å²) in [6.45, 7) is 7.01. The molecule has 2 heterocycles. The third-order valence-electron chi connectivity index (χ3n) is 5.04. The normalized spacial score (nSPS) is 11.4. The lowest BCUT2D eigenvalue weighted by atomic mass is 10.1. The molecular formula is C23H24N6O4. The molecule has 33 heavy (non-hydrogen) atoms. The summed E-state index contributed by atoms with van der Waals surface area (Å²) in [5.74, 6) is 0.514. The van der Waals surface area contributed by atoms with Gasteiger partial charge in [0.15, 0.2) is 11.2 Å². The fourth-order valence-corrected chi connectivity index (χ4v) is 3.09. The minimum atomic E-state index is -1.12. The fourth-order valence-electron chi connectivity index (χ4n) is 3.09. The Labute approximate surface area is 189 Å². The van der Waals surface area contributed by atoms with Crippen LogP contribution < -0.4 is 26.9 Å². The highest BCUT2D eigenvalue weighted by atomic mass is 16.5. The highest BCUT2D eigenvalue weighted by molar-refractivity contribution is 5.83. The van der Waals surface area contributed by atoms with E-state index in [2.05, 4.69) is 25.6 Å². The zero-order valence-electron chi connectivity index (χ0n) is 18.6. The van der Waals surface area contributed by atoms with Crippen LogP contribution in [0.3, 0.4) is 0 Å². The van der Waals surface area contributed by atoms with Crippen LogP contribution in [0.15, 0.2) is 51.8 Å². The molecule has 10 nitrogen and oxygen atoms in total. The molecule has 0 radical (unpaired) electrons. The molecule has 0 fully saturated rings. The number of hydrogen-bond donors (Lipinski definition) is 4. The number of anilines is 4. The summed E-state index contributed by atoms with van der Waals surface area (Å²) in [5.41, 5.74) is 8.50. The number of nitrogens with two attached hydrogens (primary N) is 1. The Bertz CT molecular complexity index is 1410. The van der Waals surface area contributed by atoms with Crippen molar-refractivity contribution in [2.24, 2.45) is 5.73 Å². The molecular weight excluding hydrogens is 424 g/mol. The Kier molecular flexibility index (Phi) is 5.50. The van der Waals surface area contributed by atoms with Gasteiger partial charge in [0.2, 0.25) is 5.95 Å². The third kappa shape index (κ3) is 4.79. The molecule has 170 valence electrons. The molecule has 0 saturated carbocycles. The first kappa shape index (κ1) is 21.9. The van der Waals surface area contributed by atoms with Crippen LogP contribution in [0, 0.1) is 13.8 Å². The van der Waals surface area contributed by atoms with Crippen LogP contribution in [-0.2, 0) is 4.79 Å². The maximum Gasteiger partial charge on any atom is 0.417 e. The Hall–Kier alpha value is -4.34. The maximum absolute atomic E-state index is 11.5. The third-order valence-corrected chi connectivity index (χ3v) is 5.04. The molecule has 0 bridgehead atoms. The smallest absolute Gasteiger partial charge is 0.417 e. The zero-order valence-corrected chi connectivity index (χ0v) is 18.6. The van der Waals surface area contributed by atoms with Crippen molar-refractivity contribution in [2.45, 2.75) is 33.3 Å². The van der Waals surface area contributed by atoms with E-state index in [0.717, 1.165) is 22.5 Å². The predicted molar refractivity (Wildman–Crippen MR) is 125 cm³/mol.